The van der Waals surface area contributed by atoms with Crippen LogP contribution in [-0.2, 0) is 5.41 Å². The Labute approximate surface area is 135 Å². The first-order chi connectivity index (χ1) is 10.7. The lowest BCUT2D eigenvalue weighted by Gasteiger charge is -2.19. The summed E-state index contributed by atoms with van der Waals surface area (Å²) >= 11 is 0. The molecule has 0 fully saturated rings. The molecular weight excluding hydrogens is 292 g/mol. The maximum absolute atomic E-state index is 12.4. The van der Waals surface area contributed by atoms with E-state index in [2.05, 4.69) is 26.1 Å². The van der Waals surface area contributed by atoms with Gasteiger partial charge in [0.1, 0.15) is 5.69 Å². The fraction of sp³-hybridized carbons (Fsp3) is 0.278. The van der Waals surface area contributed by atoms with E-state index in [1.165, 1.54) is 6.07 Å². The van der Waals surface area contributed by atoms with Crippen LogP contribution in [0.15, 0.2) is 42.5 Å². The van der Waals surface area contributed by atoms with E-state index in [1.54, 1.807) is 31.2 Å². The van der Waals surface area contributed by atoms with Gasteiger partial charge in [-0.1, -0.05) is 45.0 Å². The van der Waals surface area contributed by atoms with Crippen molar-refractivity contribution in [2.45, 2.75) is 33.1 Å². The zero-order chi connectivity index (χ0) is 17.2. The molecule has 0 unspecified atom stereocenters. The molecule has 1 amide bonds. The highest BCUT2D eigenvalue weighted by atomic mass is 16.6. The first-order valence-corrected chi connectivity index (χ1v) is 7.36. The highest BCUT2D eigenvalue weighted by Gasteiger charge is 2.19. The van der Waals surface area contributed by atoms with Gasteiger partial charge in [0.15, 0.2) is 0 Å². The highest BCUT2D eigenvalue weighted by Crippen LogP contribution is 2.28. The van der Waals surface area contributed by atoms with Crippen LogP contribution in [0.4, 0.5) is 11.4 Å². The SMILES string of the molecule is Cc1cccc([N+](=O)[O-])c1NC(=O)c1ccc(C(C)(C)C)cc1. The fourth-order valence-electron chi connectivity index (χ4n) is 2.27. The minimum Gasteiger partial charge on any atom is -0.316 e. The van der Waals surface area contributed by atoms with Crippen molar-refractivity contribution in [1.82, 2.24) is 0 Å². The maximum Gasteiger partial charge on any atom is 0.293 e. The fourth-order valence-corrected chi connectivity index (χ4v) is 2.27. The number of carbonyl (C=O) groups is 1. The third-order valence-electron chi connectivity index (χ3n) is 3.70. The molecule has 2 aromatic carbocycles. The molecule has 0 aliphatic heterocycles. The van der Waals surface area contributed by atoms with Gasteiger partial charge in [-0.15, -0.1) is 0 Å². The van der Waals surface area contributed by atoms with Gasteiger partial charge in [-0.25, -0.2) is 0 Å². The normalized spacial score (nSPS) is 11.1. The number of rotatable bonds is 3. The van der Waals surface area contributed by atoms with Gasteiger partial charge in [-0.05, 0) is 35.6 Å². The molecule has 5 heteroatoms. The van der Waals surface area contributed by atoms with Crippen molar-refractivity contribution < 1.29 is 9.72 Å². The van der Waals surface area contributed by atoms with Crippen molar-refractivity contribution >= 4 is 17.3 Å². The number of anilines is 1. The van der Waals surface area contributed by atoms with Crippen molar-refractivity contribution in [3.63, 3.8) is 0 Å². The van der Waals surface area contributed by atoms with Gasteiger partial charge in [0.25, 0.3) is 11.6 Å². The molecule has 5 nitrogen and oxygen atoms in total. The van der Waals surface area contributed by atoms with Crippen LogP contribution < -0.4 is 5.32 Å². The Bertz CT molecular complexity index is 744. The van der Waals surface area contributed by atoms with Crippen molar-refractivity contribution in [3.8, 4) is 0 Å². The number of aryl methyl sites for hydroxylation is 1. The lowest BCUT2D eigenvalue weighted by atomic mass is 9.86. The number of nitro groups is 1. The number of carbonyl (C=O) groups excluding carboxylic acids is 1. The Morgan fingerprint density at radius 2 is 1.70 bits per heavy atom. The molecule has 0 aromatic heterocycles. The van der Waals surface area contributed by atoms with Gasteiger partial charge in [-0.3, -0.25) is 14.9 Å². The third kappa shape index (κ3) is 3.74. The van der Waals surface area contributed by atoms with Crippen molar-refractivity contribution in [3.05, 3.63) is 69.3 Å². The molecule has 0 heterocycles. The van der Waals surface area contributed by atoms with E-state index in [1.807, 2.05) is 12.1 Å². The lowest BCUT2D eigenvalue weighted by Crippen LogP contribution is -2.15. The van der Waals surface area contributed by atoms with Crippen LogP contribution in [-0.4, -0.2) is 10.8 Å². The first kappa shape index (κ1) is 16.7. The first-order valence-electron chi connectivity index (χ1n) is 7.36. The molecule has 0 spiro atoms. The van der Waals surface area contributed by atoms with E-state index in [0.29, 0.717) is 11.1 Å². The molecule has 1 N–H and O–H groups in total. The molecule has 0 atom stereocenters. The second kappa shape index (κ2) is 6.20. The summed E-state index contributed by atoms with van der Waals surface area (Å²) < 4.78 is 0. The molecule has 23 heavy (non-hydrogen) atoms. The molecule has 0 aliphatic carbocycles. The number of para-hydroxylation sites is 1. The lowest BCUT2D eigenvalue weighted by molar-refractivity contribution is -0.383. The Morgan fingerprint density at radius 3 is 2.22 bits per heavy atom. The van der Waals surface area contributed by atoms with E-state index < -0.39 is 4.92 Å². The average molecular weight is 312 g/mol. The van der Waals surface area contributed by atoms with E-state index in [-0.39, 0.29) is 22.7 Å². The van der Waals surface area contributed by atoms with Crippen molar-refractivity contribution in [1.29, 1.82) is 0 Å². The summed E-state index contributed by atoms with van der Waals surface area (Å²) in [5, 5.41) is 13.8. The van der Waals surface area contributed by atoms with Crippen LogP contribution in [0.1, 0.15) is 42.3 Å². The zero-order valence-electron chi connectivity index (χ0n) is 13.7. The van der Waals surface area contributed by atoms with E-state index in [9.17, 15) is 14.9 Å². The van der Waals surface area contributed by atoms with E-state index in [0.717, 1.165) is 5.56 Å². The largest absolute Gasteiger partial charge is 0.316 e. The van der Waals surface area contributed by atoms with Crippen LogP contribution >= 0.6 is 0 Å². The van der Waals surface area contributed by atoms with E-state index >= 15 is 0 Å². The molecule has 2 aromatic rings. The Balaban J connectivity index is 2.28. The minimum atomic E-state index is -0.495. The number of nitro benzene ring substituents is 1. The average Bonchev–Trinajstić information content (AvgIpc) is 2.48. The number of amides is 1. The molecule has 120 valence electrons. The highest BCUT2D eigenvalue weighted by molar-refractivity contribution is 6.05. The molecular formula is C18H20N2O3. The molecule has 0 aliphatic rings. The third-order valence-corrected chi connectivity index (χ3v) is 3.70. The van der Waals surface area contributed by atoms with Crippen LogP contribution in [0.25, 0.3) is 0 Å². The van der Waals surface area contributed by atoms with Crippen LogP contribution in [0.2, 0.25) is 0 Å². The summed E-state index contributed by atoms with van der Waals surface area (Å²) in [7, 11) is 0. The second-order valence-electron chi connectivity index (χ2n) is 6.51. The predicted molar refractivity (Wildman–Crippen MR) is 90.9 cm³/mol. The standard InChI is InChI=1S/C18H20N2O3/c1-12-6-5-7-15(20(22)23)16(12)19-17(21)13-8-10-14(11-9-13)18(2,3)4/h5-11H,1-4H3,(H,19,21). The van der Waals surface area contributed by atoms with Crippen molar-refractivity contribution in [2.75, 3.05) is 5.32 Å². The van der Waals surface area contributed by atoms with Gasteiger partial charge in [-0.2, -0.15) is 0 Å². The molecule has 0 bridgehead atoms. The monoisotopic (exact) mass is 312 g/mol. The topological polar surface area (TPSA) is 72.2 Å². The Morgan fingerprint density at radius 1 is 1.09 bits per heavy atom. The quantitative estimate of drug-likeness (QED) is 0.672. The molecule has 0 radical (unpaired) electrons. The zero-order valence-corrected chi connectivity index (χ0v) is 13.7. The van der Waals surface area contributed by atoms with Crippen LogP contribution in [0.3, 0.4) is 0 Å². The smallest absolute Gasteiger partial charge is 0.293 e. The van der Waals surface area contributed by atoms with Gasteiger partial charge < -0.3 is 5.32 Å². The van der Waals surface area contributed by atoms with Gasteiger partial charge in [0, 0.05) is 11.6 Å². The molecule has 2 rings (SSSR count). The van der Waals surface area contributed by atoms with E-state index in [4.69, 9.17) is 0 Å². The second-order valence-corrected chi connectivity index (χ2v) is 6.51. The maximum atomic E-state index is 12.4. The summed E-state index contributed by atoms with van der Waals surface area (Å²) in [5.74, 6) is -0.358. The summed E-state index contributed by atoms with van der Waals surface area (Å²) in [5.41, 5.74) is 2.38. The Kier molecular flexibility index (Phi) is 4.50. The minimum absolute atomic E-state index is 0.00378. The Hall–Kier alpha value is -2.69. The summed E-state index contributed by atoms with van der Waals surface area (Å²) in [6.07, 6.45) is 0. The van der Waals surface area contributed by atoms with Gasteiger partial charge in [0.05, 0.1) is 4.92 Å². The molecule has 0 saturated heterocycles. The number of nitrogens with one attached hydrogen (secondary N) is 1. The van der Waals surface area contributed by atoms with Gasteiger partial charge >= 0.3 is 0 Å². The van der Waals surface area contributed by atoms with Gasteiger partial charge in [0.2, 0.25) is 0 Å². The summed E-state index contributed by atoms with van der Waals surface area (Å²) in [4.78, 5) is 23.0. The number of benzene rings is 2. The number of nitrogens with zero attached hydrogens (tertiary/aromatic N) is 1. The number of hydrogen-bond acceptors (Lipinski definition) is 3. The van der Waals surface area contributed by atoms with Crippen molar-refractivity contribution in [2.24, 2.45) is 0 Å². The predicted octanol–water partition coefficient (Wildman–Crippen LogP) is 4.45. The summed E-state index contributed by atoms with van der Waals surface area (Å²) in [6, 6.07) is 12.0. The van der Waals surface area contributed by atoms with Crippen LogP contribution in [0, 0.1) is 17.0 Å². The molecule has 0 saturated carbocycles. The summed E-state index contributed by atoms with van der Waals surface area (Å²) in [6.45, 7) is 8.02. The van der Waals surface area contributed by atoms with Crippen LogP contribution in [0.5, 0.6) is 0 Å². The number of hydrogen-bond donors (Lipinski definition) is 1.